The molecule has 2 rings (SSSR count). The first-order valence-electron chi connectivity index (χ1n) is 7.26. The third-order valence-corrected chi connectivity index (χ3v) is 3.99. The molecule has 5 nitrogen and oxygen atoms in total. The van der Waals surface area contributed by atoms with Crippen molar-refractivity contribution in [3.8, 4) is 11.5 Å². The molecule has 1 saturated carbocycles. The second kappa shape index (κ2) is 6.80. The number of benzene rings is 1. The number of carboxylic acids is 1. The molecule has 116 valence electrons. The van der Waals surface area contributed by atoms with Crippen LogP contribution < -0.4 is 9.47 Å². The molecule has 1 N–H and O–H groups in total. The van der Waals surface area contributed by atoms with Crippen LogP contribution in [-0.2, 0) is 4.79 Å². The number of methoxy groups -OCH3 is 2. The van der Waals surface area contributed by atoms with Crippen molar-refractivity contribution >= 4 is 5.97 Å². The molecule has 0 bridgehead atoms. The predicted molar refractivity (Wildman–Crippen MR) is 79.9 cm³/mol. The zero-order valence-corrected chi connectivity index (χ0v) is 12.8. The van der Waals surface area contributed by atoms with Crippen LogP contribution in [0.15, 0.2) is 18.2 Å². The van der Waals surface area contributed by atoms with Gasteiger partial charge in [-0.05, 0) is 25.8 Å². The van der Waals surface area contributed by atoms with E-state index in [1.807, 2.05) is 18.2 Å². The van der Waals surface area contributed by atoms with E-state index in [0.717, 1.165) is 29.9 Å². The van der Waals surface area contributed by atoms with E-state index in [1.165, 1.54) is 0 Å². The molecule has 1 aliphatic carbocycles. The molecule has 1 aromatic rings. The van der Waals surface area contributed by atoms with Crippen LogP contribution >= 0.6 is 0 Å². The fraction of sp³-hybridized carbons (Fsp3) is 0.562. The van der Waals surface area contributed by atoms with Crippen LogP contribution in [0.4, 0.5) is 0 Å². The first kappa shape index (κ1) is 15.6. The third-order valence-electron chi connectivity index (χ3n) is 3.99. The Morgan fingerprint density at radius 2 is 2.10 bits per heavy atom. The molecule has 1 atom stereocenters. The molecular formula is C16H23NO4. The summed E-state index contributed by atoms with van der Waals surface area (Å²) in [6.45, 7) is 2.67. The van der Waals surface area contributed by atoms with E-state index in [1.54, 1.807) is 14.2 Å². The first-order valence-corrected chi connectivity index (χ1v) is 7.26. The van der Waals surface area contributed by atoms with Crippen molar-refractivity contribution in [3.05, 3.63) is 23.8 Å². The summed E-state index contributed by atoms with van der Waals surface area (Å²) >= 11 is 0. The van der Waals surface area contributed by atoms with E-state index in [4.69, 9.17) is 14.6 Å². The number of nitrogens with zero attached hydrogens (tertiary/aromatic N) is 1. The van der Waals surface area contributed by atoms with Crippen LogP contribution in [0.3, 0.4) is 0 Å². The molecule has 5 heteroatoms. The molecular weight excluding hydrogens is 270 g/mol. The fourth-order valence-electron chi connectivity index (χ4n) is 2.67. The van der Waals surface area contributed by atoms with Crippen LogP contribution in [0.5, 0.6) is 11.5 Å². The van der Waals surface area contributed by atoms with Crippen molar-refractivity contribution in [2.75, 3.05) is 20.8 Å². The lowest BCUT2D eigenvalue weighted by atomic mass is 10.0. The normalized spacial score (nSPS) is 15.8. The van der Waals surface area contributed by atoms with Gasteiger partial charge in [0.05, 0.1) is 20.6 Å². The SMILES string of the molecule is COc1ccc(C(C)N(CCC(=O)O)C2CC2)c(OC)c1. The minimum absolute atomic E-state index is 0.123. The number of carboxylic acid groups (broad SMARTS) is 1. The molecule has 0 amide bonds. The van der Waals surface area contributed by atoms with E-state index < -0.39 is 5.97 Å². The van der Waals surface area contributed by atoms with Gasteiger partial charge >= 0.3 is 5.97 Å². The van der Waals surface area contributed by atoms with Crippen LogP contribution in [-0.4, -0.2) is 42.8 Å². The third kappa shape index (κ3) is 3.88. The van der Waals surface area contributed by atoms with E-state index in [9.17, 15) is 4.79 Å². The standard InChI is InChI=1S/C16H23NO4/c1-11(17(12-4-5-12)9-8-16(18)19)14-7-6-13(20-2)10-15(14)21-3/h6-7,10-12H,4-5,8-9H2,1-3H3,(H,18,19). The van der Waals surface area contributed by atoms with Crippen molar-refractivity contribution in [2.45, 2.75) is 38.3 Å². The Bertz CT molecular complexity index is 499. The summed E-state index contributed by atoms with van der Waals surface area (Å²) in [5, 5.41) is 8.92. The Hall–Kier alpha value is -1.75. The van der Waals surface area contributed by atoms with Gasteiger partial charge < -0.3 is 14.6 Å². The van der Waals surface area contributed by atoms with E-state index in [2.05, 4.69) is 11.8 Å². The van der Waals surface area contributed by atoms with Crippen molar-refractivity contribution in [1.82, 2.24) is 4.90 Å². The molecule has 0 aromatic heterocycles. The molecule has 0 heterocycles. The molecule has 21 heavy (non-hydrogen) atoms. The zero-order chi connectivity index (χ0) is 15.4. The maximum atomic E-state index is 10.8. The summed E-state index contributed by atoms with van der Waals surface area (Å²) in [5.74, 6) is 0.781. The molecule has 0 saturated heterocycles. The monoisotopic (exact) mass is 293 g/mol. The Morgan fingerprint density at radius 1 is 1.38 bits per heavy atom. The largest absolute Gasteiger partial charge is 0.497 e. The number of hydrogen-bond acceptors (Lipinski definition) is 4. The molecule has 1 aromatic carbocycles. The minimum atomic E-state index is -0.755. The van der Waals surface area contributed by atoms with Gasteiger partial charge in [-0.25, -0.2) is 0 Å². The van der Waals surface area contributed by atoms with Crippen LogP contribution in [0, 0.1) is 0 Å². The average Bonchev–Trinajstić information content (AvgIpc) is 3.31. The minimum Gasteiger partial charge on any atom is -0.497 e. The lowest BCUT2D eigenvalue weighted by molar-refractivity contribution is -0.137. The summed E-state index contributed by atoms with van der Waals surface area (Å²) in [7, 11) is 3.27. The lowest BCUT2D eigenvalue weighted by Crippen LogP contribution is -2.31. The highest BCUT2D eigenvalue weighted by Crippen LogP contribution is 2.38. The summed E-state index contributed by atoms with van der Waals surface area (Å²) < 4.78 is 10.7. The van der Waals surface area contributed by atoms with Gasteiger partial charge in [-0.15, -0.1) is 0 Å². The van der Waals surface area contributed by atoms with Gasteiger partial charge in [0.1, 0.15) is 11.5 Å². The second-order valence-electron chi connectivity index (χ2n) is 5.40. The Balaban J connectivity index is 2.19. The van der Waals surface area contributed by atoms with E-state index in [-0.39, 0.29) is 12.5 Å². The van der Waals surface area contributed by atoms with Gasteiger partial charge in [-0.2, -0.15) is 0 Å². The van der Waals surface area contributed by atoms with Crippen LogP contribution in [0.2, 0.25) is 0 Å². The molecule has 0 aliphatic heterocycles. The predicted octanol–water partition coefficient (Wildman–Crippen LogP) is 2.70. The highest BCUT2D eigenvalue weighted by atomic mass is 16.5. The topological polar surface area (TPSA) is 59.0 Å². The number of aliphatic carboxylic acids is 1. The Kier molecular flexibility index (Phi) is 5.07. The number of hydrogen-bond donors (Lipinski definition) is 1. The van der Waals surface area contributed by atoms with Crippen molar-refractivity contribution < 1.29 is 19.4 Å². The van der Waals surface area contributed by atoms with E-state index >= 15 is 0 Å². The van der Waals surface area contributed by atoms with Gasteiger partial charge in [0.2, 0.25) is 0 Å². The number of ether oxygens (including phenoxy) is 2. The molecule has 1 aliphatic rings. The number of rotatable bonds is 8. The maximum Gasteiger partial charge on any atom is 0.304 e. The van der Waals surface area contributed by atoms with Gasteiger partial charge in [0.15, 0.2) is 0 Å². The fourth-order valence-corrected chi connectivity index (χ4v) is 2.67. The highest BCUT2D eigenvalue weighted by molar-refractivity contribution is 5.66. The van der Waals surface area contributed by atoms with Crippen molar-refractivity contribution in [1.29, 1.82) is 0 Å². The summed E-state index contributed by atoms with van der Waals surface area (Å²) in [4.78, 5) is 13.1. The summed E-state index contributed by atoms with van der Waals surface area (Å²) in [6, 6.07) is 6.40. The Labute approximate surface area is 125 Å². The molecule has 1 fully saturated rings. The summed E-state index contributed by atoms with van der Waals surface area (Å²) in [6.07, 6.45) is 2.45. The van der Waals surface area contributed by atoms with Gasteiger partial charge in [0.25, 0.3) is 0 Å². The van der Waals surface area contributed by atoms with E-state index in [0.29, 0.717) is 12.6 Å². The molecule has 0 spiro atoms. The summed E-state index contributed by atoms with van der Waals surface area (Å²) in [5.41, 5.74) is 1.07. The zero-order valence-electron chi connectivity index (χ0n) is 12.8. The van der Waals surface area contributed by atoms with Crippen LogP contribution in [0.1, 0.15) is 37.8 Å². The Morgan fingerprint density at radius 3 is 2.62 bits per heavy atom. The quantitative estimate of drug-likeness (QED) is 0.798. The van der Waals surface area contributed by atoms with Gasteiger partial charge in [0, 0.05) is 30.3 Å². The average molecular weight is 293 g/mol. The second-order valence-corrected chi connectivity index (χ2v) is 5.40. The van der Waals surface area contributed by atoms with Crippen molar-refractivity contribution in [3.63, 3.8) is 0 Å². The van der Waals surface area contributed by atoms with Crippen LogP contribution in [0.25, 0.3) is 0 Å². The lowest BCUT2D eigenvalue weighted by Gasteiger charge is -2.30. The van der Waals surface area contributed by atoms with Crippen molar-refractivity contribution in [2.24, 2.45) is 0 Å². The smallest absolute Gasteiger partial charge is 0.304 e. The van der Waals surface area contributed by atoms with Gasteiger partial charge in [-0.1, -0.05) is 6.07 Å². The highest BCUT2D eigenvalue weighted by Gasteiger charge is 2.33. The molecule has 1 unspecified atom stereocenters. The molecule has 0 radical (unpaired) electrons. The number of carbonyl (C=O) groups is 1. The van der Waals surface area contributed by atoms with Gasteiger partial charge in [-0.3, -0.25) is 9.69 Å². The maximum absolute atomic E-state index is 10.8. The first-order chi connectivity index (χ1) is 10.1.